The Morgan fingerprint density at radius 2 is 2.18 bits per heavy atom. The van der Waals surface area contributed by atoms with E-state index in [0.717, 1.165) is 22.2 Å². The number of aromatic nitrogens is 1. The number of fused-ring (bicyclic) bond motifs is 3. The molecule has 0 aliphatic carbocycles. The van der Waals surface area contributed by atoms with Gasteiger partial charge in [-0.05, 0) is 32.0 Å². The molecule has 1 unspecified atom stereocenters. The predicted octanol–water partition coefficient (Wildman–Crippen LogP) is 2.83. The summed E-state index contributed by atoms with van der Waals surface area (Å²) in [7, 11) is 0. The maximum Gasteiger partial charge on any atom is 0.135 e. The molecule has 1 aliphatic rings. The standard InChI is InChI=1S/C14H15NO2/c1-14(2)8-12(16)10-5-6-11-9(13(10)17-14)4-3-7-15-11/h3-7,12,16H,8H2,1-2H3. The molecule has 17 heavy (non-hydrogen) atoms. The Bertz CT molecular complexity index is 577. The van der Waals surface area contributed by atoms with Crippen LogP contribution < -0.4 is 4.74 Å². The first-order valence-electron chi connectivity index (χ1n) is 5.81. The van der Waals surface area contributed by atoms with Gasteiger partial charge in [-0.2, -0.15) is 0 Å². The highest BCUT2D eigenvalue weighted by Crippen LogP contribution is 2.42. The molecule has 3 rings (SSSR count). The number of pyridine rings is 1. The smallest absolute Gasteiger partial charge is 0.135 e. The maximum atomic E-state index is 10.2. The van der Waals surface area contributed by atoms with Crippen molar-refractivity contribution in [3.8, 4) is 5.75 Å². The van der Waals surface area contributed by atoms with E-state index >= 15 is 0 Å². The third kappa shape index (κ3) is 1.67. The molecule has 1 aromatic heterocycles. The lowest BCUT2D eigenvalue weighted by molar-refractivity contribution is 0.0130. The minimum atomic E-state index is -0.460. The minimum Gasteiger partial charge on any atom is -0.487 e. The summed E-state index contributed by atoms with van der Waals surface area (Å²) in [6.45, 7) is 3.99. The molecule has 0 amide bonds. The average Bonchev–Trinajstić information content (AvgIpc) is 2.27. The highest BCUT2D eigenvalue weighted by Gasteiger charge is 2.33. The average molecular weight is 229 g/mol. The van der Waals surface area contributed by atoms with Crippen molar-refractivity contribution < 1.29 is 9.84 Å². The Labute approximate surface area is 100 Å². The Morgan fingerprint density at radius 1 is 1.35 bits per heavy atom. The van der Waals surface area contributed by atoms with Crippen LogP contribution in [-0.4, -0.2) is 15.7 Å². The fourth-order valence-corrected chi connectivity index (χ4v) is 2.41. The highest BCUT2D eigenvalue weighted by atomic mass is 16.5. The van der Waals surface area contributed by atoms with Crippen molar-refractivity contribution in [1.82, 2.24) is 4.98 Å². The van der Waals surface area contributed by atoms with Gasteiger partial charge in [0.15, 0.2) is 0 Å². The van der Waals surface area contributed by atoms with E-state index in [2.05, 4.69) is 4.98 Å². The molecule has 0 fully saturated rings. The van der Waals surface area contributed by atoms with Crippen LogP contribution in [0.15, 0.2) is 30.5 Å². The third-order valence-electron chi connectivity index (χ3n) is 3.19. The molecule has 0 radical (unpaired) electrons. The summed E-state index contributed by atoms with van der Waals surface area (Å²) < 4.78 is 6.00. The van der Waals surface area contributed by atoms with Crippen molar-refractivity contribution >= 4 is 10.9 Å². The number of rotatable bonds is 0. The summed E-state index contributed by atoms with van der Waals surface area (Å²) in [5, 5.41) is 11.1. The monoisotopic (exact) mass is 229 g/mol. The number of nitrogens with zero attached hydrogens (tertiary/aromatic N) is 1. The van der Waals surface area contributed by atoms with Crippen LogP contribution in [0.1, 0.15) is 31.9 Å². The summed E-state index contributed by atoms with van der Waals surface area (Å²) >= 11 is 0. The number of aliphatic hydroxyl groups excluding tert-OH is 1. The molecule has 1 aromatic carbocycles. The molecule has 0 spiro atoms. The quantitative estimate of drug-likeness (QED) is 0.755. The van der Waals surface area contributed by atoms with E-state index in [4.69, 9.17) is 4.74 Å². The Hall–Kier alpha value is -1.61. The van der Waals surface area contributed by atoms with Crippen LogP contribution in [0.25, 0.3) is 10.9 Å². The second-order valence-electron chi connectivity index (χ2n) is 5.14. The largest absolute Gasteiger partial charge is 0.487 e. The van der Waals surface area contributed by atoms with E-state index in [-0.39, 0.29) is 5.60 Å². The first-order valence-corrected chi connectivity index (χ1v) is 5.81. The predicted molar refractivity (Wildman–Crippen MR) is 66.0 cm³/mol. The van der Waals surface area contributed by atoms with Crippen molar-refractivity contribution in [2.75, 3.05) is 0 Å². The lowest BCUT2D eigenvalue weighted by Crippen LogP contribution is -2.34. The highest BCUT2D eigenvalue weighted by molar-refractivity contribution is 5.86. The van der Waals surface area contributed by atoms with Crippen LogP contribution in [0.4, 0.5) is 0 Å². The van der Waals surface area contributed by atoms with E-state index in [1.165, 1.54) is 0 Å². The summed E-state index contributed by atoms with van der Waals surface area (Å²) in [6.07, 6.45) is 1.92. The van der Waals surface area contributed by atoms with Gasteiger partial charge in [-0.25, -0.2) is 0 Å². The fourth-order valence-electron chi connectivity index (χ4n) is 2.41. The Morgan fingerprint density at radius 3 is 3.00 bits per heavy atom. The Balaban J connectivity index is 2.28. The third-order valence-corrected chi connectivity index (χ3v) is 3.19. The second-order valence-corrected chi connectivity index (χ2v) is 5.14. The fraction of sp³-hybridized carbons (Fsp3) is 0.357. The molecule has 0 saturated heterocycles. The molecule has 1 atom stereocenters. The van der Waals surface area contributed by atoms with Gasteiger partial charge in [-0.3, -0.25) is 4.98 Å². The molecule has 2 heterocycles. The molecular weight excluding hydrogens is 214 g/mol. The summed E-state index contributed by atoms with van der Waals surface area (Å²) in [5.41, 5.74) is 1.43. The molecular formula is C14H15NO2. The SMILES string of the molecule is CC1(C)CC(O)c2ccc3ncccc3c2O1. The second kappa shape index (κ2) is 3.44. The van der Waals surface area contributed by atoms with E-state index in [1.807, 2.05) is 38.1 Å². The van der Waals surface area contributed by atoms with Crippen molar-refractivity contribution in [2.45, 2.75) is 32.0 Å². The first-order chi connectivity index (χ1) is 8.07. The van der Waals surface area contributed by atoms with Gasteiger partial charge in [0.25, 0.3) is 0 Å². The molecule has 88 valence electrons. The van der Waals surface area contributed by atoms with Gasteiger partial charge in [0.2, 0.25) is 0 Å². The maximum absolute atomic E-state index is 10.2. The van der Waals surface area contributed by atoms with E-state index in [9.17, 15) is 5.11 Å². The number of hydrogen-bond donors (Lipinski definition) is 1. The van der Waals surface area contributed by atoms with Gasteiger partial charge in [0, 0.05) is 23.6 Å². The van der Waals surface area contributed by atoms with Gasteiger partial charge < -0.3 is 9.84 Å². The minimum absolute atomic E-state index is 0.337. The topological polar surface area (TPSA) is 42.4 Å². The van der Waals surface area contributed by atoms with Crippen molar-refractivity contribution in [1.29, 1.82) is 0 Å². The zero-order chi connectivity index (χ0) is 12.0. The first kappa shape index (κ1) is 10.5. The van der Waals surface area contributed by atoms with Crippen molar-refractivity contribution in [3.63, 3.8) is 0 Å². The number of hydrogen-bond acceptors (Lipinski definition) is 3. The number of benzene rings is 1. The molecule has 3 heteroatoms. The molecule has 2 aromatic rings. The normalized spacial score (nSPS) is 21.9. The van der Waals surface area contributed by atoms with Crippen LogP contribution in [0.2, 0.25) is 0 Å². The van der Waals surface area contributed by atoms with Gasteiger partial charge >= 0.3 is 0 Å². The van der Waals surface area contributed by atoms with E-state index in [1.54, 1.807) is 6.20 Å². The van der Waals surface area contributed by atoms with Crippen LogP contribution in [0.5, 0.6) is 5.75 Å². The number of aliphatic hydroxyl groups is 1. The summed E-state index contributed by atoms with van der Waals surface area (Å²) in [6, 6.07) is 7.71. The van der Waals surface area contributed by atoms with Gasteiger partial charge in [-0.1, -0.05) is 6.07 Å². The van der Waals surface area contributed by atoms with Gasteiger partial charge in [0.1, 0.15) is 11.4 Å². The van der Waals surface area contributed by atoms with E-state index < -0.39 is 6.10 Å². The zero-order valence-electron chi connectivity index (χ0n) is 9.97. The zero-order valence-corrected chi connectivity index (χ0v) is 9.97. The molecule has 3 nitrogen and oxygen atoms in total. The van der Waals surface area contributed by atoms with Gasteiger partial charge in [0.05, 0.1) is 11.6 Å². The van der Waals surface area contributed by atoms with Crippen molar-refractivity contribution in [3.05, 3.63) is 36.0 Å². The Kier molecular flexibility index (Phi) is 2.13. The van der Waals surface area contributed by atoms with Crippen molar-refractivity contribution in [2.24, 2.45) is 0 Å². The number of ether oxygens (including phenoxy) is 1. The van der Waals surface area contributed by atoms with Crippen LogP contribution >= 0.6 is 0 Å². The lowest BCUT2D eigenvalue weighted by Gasteiger charge is -2.36. The molecule has 0 bridgehead atoms. The molecule has 1 aliphatic heterocycles. The summed E-state index contributed by atoms with van der Waals surface area (Å²) in [5.74, 6) is 0.777. The lowest BCUT2D eigenvalue weighted by atomic mass is 9.90. The van der Waals surface area contributed by atoms with Gasteiger partial charge in [-0.15, -0.1) is 0 Å². The van der Waals surface area contributed by atoms with E-state index in [0.29, 0.717) is 6.42 Å². The van der Waals surface area contributed by atoms with Crippen LogP contribution in [0.3, 0.4) is 0 Å². The summed E-state index contributed by atoms with van der Waals surface area (Å²) in [4.78, 5) is 4.30. The molecule has 1 N–H and O–H groups in total. The van der Waals surface area contributed by atoms with Crippen LogP contribution in [-0.2, 0) is 0 Å². The molecule has 0 saturated carbocycles. The van der Waals surface area contributed by atoms with Crippen LogP contribution in [0, 0.1) is 0 Å².